The molecule has 1 aliphatic rings. The molecule has 0 aromatic carbocycles. The first-order chi connectivity index (χ1) is 5.27. The molecule has 1 fully saturated rings. The molecule has 0 aromatic rings. The minimum absolute atomic E-state index is 0.0138. The second-order valence-corrected chi connectivity index (χ2v) is 2.71. The van der Waals surface area contributed by atoms with Crippen LogP contribution in [0.1, 0.15) is 13.8 Å². The van der Waals surface area contributed by atoms with E-state index in [-0.39, 0.29) is 12.3 Å². The van der Waals surface area contributed by atoms with Gasteiger partial charge in [-0.05, 0) is 6.92 Å². The molecule has 1 heterocycles. The van der Waals surface area contributed by atoms with Crippen LogP contribution in [0.25, 0.3) is 0 Å². The number of hydrogen-bond acceptors (Lipinski definition) is 4. The molecule has 66 valence electrons. The summed E-state index contributed by atoms with van der Waals surface area (Å²) < 4.78 is 5.37. The van der Waals surface area contributed by atoms with Gasteiger partial charge in [-0.25, -0.2) is 10.4 Å². The van der Waals surface area contributed by atoms with Gasteiger partial charge in [0.05, 0.1) is 6.04 Å². The molecule has 2 unspecified atom stereocenters. The lowest BCUT2D eigenvalue weighted by Gasteiger charge is -2.15. The molecule has 1 saturated heterocycles. The van der Waals surface area contributed by atoms with E-state index in [0.29, 0.717) is 6.61 Å². The quantitative estimate of drug-likeness (QED) is 0.584. The summed E-state index contributed by atoms with van der Waals surface area (Å²) in [5.74, 6) is 0. The lowest BCUT2D eigenvalue weighted by molar-refractivity contribution is 0.0202. The van der Waals surface area contributed by atoms with E-state index in [1.165, 1.54) is 0 Å². The van der Waals surface area contributed by atoms with Crippen molar-refractivity contribution in [3.63, 3.8) is 0 Å². The first-order valence-corrected chi connectivity index (χ1v) is 4.16. The van der Waals surface area contributed by atoms with Crippen LogP contribution in [0.2, 0.25) is 0 Å². The summed E-state index contributed by atoms with van der Waals surface area (Å²) in [5.41, 5.74) is 8.98. The number of nitrogens with zero attached hydrogens (tertiary/aromatic N) is 1. The van der Waals surface area contributed by atoms with Crippen molar-refractivity contribution in [2.24, 2.45) is 5.73 Å². The van der Waals surface area contributed by atoms with Crippen LogP contribution < -0.4 is 11.2 Å². The Morgan fingerprint density at radius 1 is 1.64 bits per heavy atom. The van der Waals surface area contributed by atoms with Gasteiger partial charge in [0.2, 0.25) is 0 Å². The summed E-state index contributed by atoms with van der Waals surface area (Å²) in [4.78, 5) is 0. The van der Waals surface area contributed by atoms with Gasteiger partial charge in [0, 0.05) is 19.7 Å². The zero-order valence-corrected chi connectivity index (χ0v) is 7.21. The third-order valence-electron chi connectivity index (χ3n) is 1.86. The predicted molar refractivity (Wildman–Crippen MR) is 43.8 cm³/mol. The summed E-state index contributed by atoms with van der Waals surface area (Å²) in [6.07, 6.45) is 0.0138. The van der Waals surface area contributed by atoms with E-state index in [9.17, 15) is 0 Å². The summed E-state index contributed by atoms with van der Waals surface area (Å²) in [5, 5.41) is 2.07. The maximum absolute atomic E-state index is 5.80. The maximum Gasteiger partial charge on any atom is 0.137 e. The molecule has 4 nitrogen and oxygen atoms in total. The van der Waals surface area contributed by atoms with Gasteiger partial charge >= 0.3 is 0 Å². The Balaban J connectivity index is 2.32. The SMILES string of the molecule is CCOC1NN(CC)CC1N. The Morgan fingerprint density at radius 2 is 2.36 bits per heavy atom. The third kappa shape index (κ3) is 2.13. The smallest absolute Gasteiger partial charge is 0.137 e. The lowest BCUT2D eigenvalue weighted by Crippen LogP contribution is -2.40. The average molecular weight is 159 g/mol. The minimum atomic E-state index is 0.0138. The summed E-state index contributed by atoms with van der Waals surface area (Å²) >= 11 is 0. The van der Waals surface area contributed by atoms with Crippen molar-refractivity contribution in [1.82, 2.24) is 10.4 Å². The highest BCUT2D eigenvalue weighted by Crippen LogP contribution is 2.04. The van der Waals surface area contributed by atoms with E-state index in [1.54, 1.807) is 0 Å². The molecule has 0 spiro atoms. The van der Waals surface area contributed by atoms with Crippen molar-refractivity contribution >= 4 is 0 Å². The van der Waals surface area contributed by atoms with Crippen LogP contribution in [-0.2, 0) is 4.74 Å². The number of rotatable bonds is 3. The van der Waals surface area contributed by atoms with E-state index in [0.717, 1.165) is 13.1 Å². The van der Waals surface area contributed by atoms with Crippen LogP contribution >= 0.6 is 0 Å². The fraction of sp³-hybridized carbons (Fsp3) is 1.00. The molecule has 0 aromatic heterocycles. The molecule has 4 heteroatoms. The van der Waals surface area contributed by atoms with Gasteiger partial charge < -0.3 is 10.5 Å². The van der Waals surface area contributed by atoms with Crippen LogP contribution in [0.15, 0.2) is 0 Å². The lowest BCUT2D eigenvalue weighted by atomic mass is 10.3. The summed E-state index contributed by atoms with van der Waals surface area (Å²) in [6, 6.07) is 0.106. The van der Waals surface area contributed by atoms with Gasteiger partial charge in [0.15, 0.2) is 0 Å². The highest BCUT2D eigenvalue weighted by Gasteiger charge is 2.28. The number of ether oxygens (including phenoxy) is 1. The Morgan fingerprint density at radius 3 is 2.82 bits per heavy atom. The number of nitrogens with one attached hydrogen (secondary N) is 1. The Hall–Kier alpha value is -0.160. The molecule has 0 radical (unpaired) electrons. The van der Waals surface area contributed by atoms with Crippen molar-refractivity contribution in [1.29, 1.82) is 0 Å². The van der Waals surface area contributed by atoms with Crippen molar-refractivity contribution < 1.29 is 4.74 Å². The number of likely N-dealkylation sites (N-methyl/N-ethyl adjacent to an activating group) is 1. The first-order valence-electron chi connectivity index (χ1n) is 4.16. The number of hydrazine groups is 1. The number of nitrogens with two attached hydrogens (primary N) is 1. The zero-order valence-electron chi connectivity index (χ0n) is 7.21. The van der Waals surface area contributed by atoms with E-state index in [2.05, 4.69) is 17.4 Å². The normalized spacial score (nSPS) is 33.0. The van der Waals surface area contributed by atoms with Gasteiger partial charge in [0.25, 0.3) is 0 Å². The van der Waals surface area contributed by atoms with Crippen LogP contribution in [0, 0.1) is 0 Å². The molecule has 11 heavy (non-hydrogen) atoms. The van der Waals surface area contributed by atoms with Gasteiger partial charge in [0.1, 0.15) is 6.23 Å². The highest BCUT2D eigenvalue weighted by atomic mass is 16.5. The van der Waals surface area contributed by atoms with E-state index in [4.69, 9.17) is 10.5 Å². The van der Waals surface area contributed by atoms with E-state index in [1.807, 2.05) is 6.92 Å². The second-order valence-electron chi connectivity index (χ2n) is 2.71. The van der Waals surface area contributed by atoms with Crippen molar-refractivity contribution in [3.05, 3.63) is 0 Å². The number of hydrogen-bond donors (Lipinski definition) is 2. The molecule has 0 bridgehead atoms. The second kappa shape index (κ2) is 4.01. The maximum atomic E-state index is 5.80. The molecule has 1 aliphatic heterocycles. The van der Waals surface area contributed by atoms with Crippen molar-refractivity contribution in [2.75, 3.05) is 19.7 Å². The summed E-state index contributed by atoms with van der Waals surface area (Å²) in [6.45, 7) is 6.62. The molecule has 1 rings (SSSR count). The predicted octanol–water partition coefficient (Wildman–Crippen LogP) is -0.484. The molecule has 3 N–H and O–H groups in total. The van der Waals surface area contributed by atoms with Crippen LogP contribution in [-0.4, -0.2) is 37.0 Å². The van der Waals surface area contributed by atoms with Gasteiger partial charge in [-0.1, -0.05) is 6.92 Å². The van der Waals surface area contributed by atoms with Gasteiger partial charge in [-0.3, -0.25) is 0 Å². The van der Waals surface area contributed by atoms with Gasteiger partial charge in [-0.2, -0.15) is 0 Å². The van der Waals surface area contributed by atoms with Crippen LogP contribution in [0.5, 0.6) is 0 Å². The van der Waals surface area contributed by atoms with Crippen molar-refractivity contribution in [3.8, 4) is 0 Å². The monoisotopic (exact) mass is 159 g/mol. The van der Waals surface area contributed by atoms with Crippen LogP contribution in [0.3, 0.4) is 0 Å². The standard InChI is InChI=1S/C7H17N3O/c1-3-10-5-6(8)7(9-10)11-4-2/h6-7,9H,3-5,8H2,1-2H3. The van der Waals surface area contributed by atoms with Crippen molar-refractivity contribution in [2.45, 2.75) is 26.1 Å². The first kappa shape index (κ1) is 8.93. The molecule has 0 aliphatic carbocycles. The van der Waals surface area contributed by atoms with E-state index < -0.39 is 0 Å². The minimum Gasteiger partial charge on any atom is -0.361 e. The topological polar surface area (TPSA) is 50.5 Å². The Labute approximate surface area is 67.7 Å². The molecule has 2 atom stereocenters. The van der Waals surface area contributed by atoms with Gasteiger partial charge in [-0.15, -0.1) is 0 Å². The van der Waals surface area contributed by atoms with Crippen LogP contribution in [0.4, 0.5) is 0 Å². The fourth-order valence-corrected chi connectivity index (χ4v) is 1.24. The fourth-order valence-electron chi connectivity index (χ4n) is 1.24. The Kier molecular flexibility index (Phi) is 3.26. The highest BCUT2D eigenvalue weighted by molar-refractivity contribution is 4.80. The zero-order chi connectivity index (χ0) is 8.27. The third-order valence-corrected chi connectivity index (χ3v) is 1.86. The Bertz CT molecular complexity index is 120. The largest absolute Gasteiger partial charge is 0.361 e. The molecular formula is C7H17N3O. The molecule has 0 saturated carbocycles. The summed E-state index contributed by atoms with van der Waals surface area (Å²) in [7, 11) is 0. The molecular weight excluding hydrogens is 142 g/mol. The molecule has 0 amide bonds. The average Bonchev–Trinajstić information content (AvgIpc) is 2.33. The van der Waals surface area contributed by atoms with E-state index >= 15 is 0 Å².